The van der Waals surface area contributed by atoms with Crippen molar-refractivity contribution in [2.45, 2.75) is 45.1 Å². The summed E-state index contributed by atoms with van der Waals surface area (Å²) >= 11 is 0. The molecule has 65 heavy (non-hydrogen) atoms. The van der Waals surface area contributed by atoms with Crippen LogP contribution in [0.4, 0.5) is 22.0 Å². The summed E-state index contributed by atoms with van der Waals surface area (Å²) in [5.74, 6) is 2.52. The van der Waals surface area contributed by atoms with E-state index in [1.807, 2.05) is 56.4 Å². The van der Waals surface area contributed by atoms with Gasteiger partial charge in [-0.1, -0.05) is 12.1 Å². The lowest BCUT2D eigenvalue weighted by Crippen LogP contribution is -2.49. The minimum Gasteiger partial charge on any atom is -0.493 e. The summed E-state index contributed by atoms with van der Waals surface area (Å²) in [7, 11) is 3.37. The fraction of sp³-hybridized carbons (Fsp3) is 0.388. The van der Waals surface area contributed by atoms with Crippen molar-refractivity contribution in [1.82, 2.24) is 24.9 Å². The van der Waals surface area contributed by atoms with E-state index >= 15 is 0 Å². The molecule has 3 fully saturated rings. The average Bonchev–Trinajstić information content (AvgIpc) is 3.78. The van der Waals surface area contributed by atoms with Crippen molar-refractivity contribution >= 4 is 51.8 Å². The summed E-state index contributed by atoms with van der Waals surface area (Å²) < 4.78 is 19.2. The van der Waals surface area contributed by atoms with Crippen molar-refractivity contribution in [2.24, 2.45) is 13.0 Å². The summed E-state index contributed by atoms with van der Waals surface area (Å²) in [4.78, 5) is 62.1. The van der Waals surface area contributed by atoms with E-state index in [1.165, 1.54) is 15.5 Å². The predicted molar refractivity (Wildman–Crippen MR) is 245 cm³/mol. The minimum absolute atomic E-state index is 0.0510. The third kappa shape index (κ3) is 8.63. The summed E-state index contributed by atoms with van der Waals surface area (Å²) in [5.41, 5.74) is 4.16. The van der Waals surface area contributed by atoms with Gasteiger partial charge in [0.2, 0.25) is 5.91 Å². The quantitative estimate of drug-likeness (QED) is 0.115. The molecule has 3 saturated heterocycles. The standard InChI is InChI=1S/C49H53N9O7/c1-4-64-43-30-33(8-15-42(43)63-3)39(16-21-50)58-47(60)38-6-5-7-40(45(38)48(58)61)56-28-26-54(27-29-56)22-17-32-18-23-55(24-19-32)34-9-11-35(12-10-34)65-36-13-14-37-41(31-36)53(2)52-46(37)57-25-20-44(59)51-49(57)62/h5-15,30-32,39H,4,16-20,22-29H2,1-3H3,(H,51,59,62)/t39-/m1/s1. The maximum Gasteiger partial charge on any atom is 0.329 e. The van der Waals surface area contributed by atoms with Crippen molar-refractivity contribution < 1.29 is 33.4 Å². The van der Waals surface area contributed by atoms with Crippen LogP contribution in [0.25, 0.3) is 10.9 Å². The van der Waals surface area contributed by atoms with Crippen molar-refractivity contribution in [3.8, 4) is 29.1 Å². The maximum atomic E-state index is 14.2. The Balaban J connectivity index is 0.754. The number of hydrogen-bond donors (Lipinski definition) is 1. The van der Waals surface area contributed by atoms with Gasteiger partial charge < -0.3 is 24.0 Å². The third-order valence-electron chi connectivity index (χ3n) is 13.1. The van der Waals surface area contributed by atoms with Crippen LogP contribution in [0.15, 0.2) is 78.9 Å². The van der Waals surface area contributed by atoms with Crippen LogP contribution in [0.1, 0.15) is 71.3 Å². The first-order valence-corrected chi connectivity index (χ1v) is 22.4. The second-order valence-electron chi connectivity index (χ2n) is 16.9. The highest BCUT2D eigenvalue weighted by molar-refractivity contribution is 6.24. The molecule has 0 aliphatic carbocycles. The van der Waals surface area contributed by atoms with E-state index in [9.17, 15) is 24.4 Å². The molecule has 0 saturated carbocycles. The van der Waals surface area contributed by atoms with Gasteiger partial charge in [-0.3, -0.25) is 39.1 Å². The molecule has 0 spiro atoms. The Bertz CT molecular complexity index is 2660. The molecule has 1 aromatic heterocycles. The molecule has 5 amide bonds. The van der Waals surface area contributed by atoms with E-state index in [1.54, 1.807) is 36.1 Å². The Kier molecular flexibility index (Phi) is 12.3. The second kappa shape index (κ2) is 18.5. The number of nitrogens with zero attached hydrogens (tertiary/aromatic N) is 8. The minimum atomic E-state index is -0.777. The topological polar surface area (TPSA) is 166 Å². The molecular formula is C49H53N9O7. The molecular weight excluding hydrogens is 827 g/mol. The summed E-state index contributed by atoms with van der Waals surface area (Å²) in [6.07, 6.45) is 3.56. The largest absolute Gasteiger partial charge is 0.493 e. The smallest absolute Gasteiger partial charge is 0.329 e. The Labute approximate surface area is 377 Å². The van der Waals surface area contributed by atoms with Gasteiger partial charge in [0.05, 0.1) is 54.6 Å². The second-order valence-corrected chi connectivity index (χ2v) is 16.9. The zero-order chi connectivity index (χ0) is 45.2. The normalized spacial score (nSPS) is 17.6. The highest BCUT2D eigenvalue weighted by atomic mass is 16.5. The number of imide groups is 2. The van der Waals surface area contributed by atoms with Gasteiger partial charge in [0, 0.05) is 76.4 Å². The van der Waals surface area contributed by atoms with E-state index < -0.39 is 18.0 Å². The van der Waals surface area contributed by atoms with Crippen molar-refractivity contribution in [3.63, 3.8) is 0 Å². The summed E-state index contributed by atoms with van der Waals surface area (Å²) in [6, 6.07) is 25.6. The predicted octanol–water partition coefficient (Wildman–Crippen LogP) is 6.90. The van der Waals surface area contributed by atoms with Gasteiger partial charge >= 0.3 is 6.03 Å². The molecule has 1 atom stereocenters. The van der Waals surface area contributed by atoms with Crippen LogP contribution in [0, 0.1) is 17.2 Å². The number of hydrogen-bond acceptors (Lipinski definition) is 12. The number of urea groups is 1. The molecule has 4 aliphatic rings. The van der Waals surface area contributed by atoms with Gasteiger partial charge in [0.1, 0.15) is 11.5 Å². The van der Waals surface area contributed by atoms with E-state index in [0.717, 1.165) is 87.4 Å². The number of nitriles is 1. The van der Waals surface area contributed by atoms with Gasteiger partial charge in [-0.05, 0) is 105 Å². The third-order valence-corrected chi connectivity index (χ3v) is 13.1. The zero-order valence-corrected chi connectivity index (χ0v) is 37.0. The highest BCUT2D eigenvalue weighted by Crippen LogP contribution is 2.41. The molecule has 4 aromatic carbocycles. The van der Waals surface area contributed by atoms with Crippen LogP contribution >= 0.6 is 0 Å². The number of carbonyl (C=O) groups is 4. The first kappa shape index (κ1) is 43.1. The lowest BCUT2D eigenvalue weighted by atomic mass is 9.93. The Morgan fingerprint density at radius 3 is 2.34 bits per heavy atom. The number of amides is 5. The number of ether oxygens (including phenoxy) is 3. The SMILES string of the molecule is CCOc1cc([C@@H](CC#N)N2C(=O)c3cccc(N4CCN(CCC5CCN(c6ccc(Oc7ccc8c(N9CCC(=O)NC9=O)nn(C)c8c7)cc6)CC5)CC4)c3C2=O)ccc1OC. The van der Waals surface area contributed by atoms with Gasteiger partial charge in [0.15, 0.2) is 17.3 Å². The number of piperazine rings is 1. The van der Waals surface area contributed by atoms with Crippen LogP contribution in [0.5, 0.6) is 23.0 Å². The van der Waals surface area contributed by atoms with Gasteiger partial charge in [-0.2, -0.15) is 10.4 Å². The molecule has 16 nitrogen and oxygen atoms in total. The zero-order valence-electron chi connectivity index (χ0n) is 37.0. The number of carbonyl (C=O) groups excluding carboxylic acids is 4. The van der Waals surface area contributed by atoms with Gasteiger partial charge in [-0.25, -0.2) is 4.79 Å². The fourth-order valence-electron chi connectivity index (χ4n) is 9.61. The average molecular weight is 880 g/mol. The molecule has 5 aromatic rings. The lowest BCUT2D eigenvalue weighted by molar-refractivity contribution is -0.120. The fourth-order valence-corrected chi connectivity index (χ4v) is 9.61. The Morgan fingerprint density at radius 2 is 1.62 bits per heavy atom. The number of anilines is 3. The van der Waals surface area contributed by atoms with E-state index in [2.05, 4.69) is 43.3 Å². The van der Waals surface area contributed by atoms with E-state index in [-0.39, 0.29) is 31.2 Å². The van der Waals surface area contributed by atoms with E-state index in [4.69, 9.17) is 14.2 Å². The number of piperidine rings is 1. The first-order valence-electron chi connectivity index (χ1n) is 22.4. The number of aryl methyl sites for hydroxylation is 1. The number of benzene rings is 4. The highest BCUT2D eigenvalue weighted by Gasteiger charge is 2.43. The molecule has 5 heterocycles. The molecule has 4 aliphatic heterocycles. The Morgan fingerprint density at radius 1 is 0.846 bits per heavy atom. The van der Waals surface area contributed by atoms with Crippen LogP contribution in [-0.4, -0.2) is 109 Å². The molecule has 0 bridgehead atoms. The van der Waals surface area contributed by atoms with Crippen LogP contribution < -0.4 is 34.2 Å². The number of rotatable bonds is 14. The molecule has 9 rings (SSSR count). The van der Waals surface area contributed by atoms with Crippen LogP contribution in [0.2, 0.25) is 0 Å². The maximum absolute atomic E-state index is 14.2. The summed E-state index contributed by atoms with van der Waals surface area (Å²) in [6.45, 7) is 8.78. The monoisotopic (exact) mass is 879 g/mol. The molecule has 1 N–H and O–H groups in total. The van der Waals surface area contributed by atoms with Crippen molar-refractivity contribution in [2.75, 3.05) is 80.8 Å². The van der Waals surface area contributed by atoms with Crippen LogP contribution in [0.3, 0.4) is 0 Å². The number of methoxy groups -OCH3 is 1. The van der Waals surface area contributed by atoms with Gasteiger partial charge in [0.25, 0.3) is 11.8 Å². The molecule has 16 heteroatoms. The van der Waals surface area contributed by atoms with E-state index in [0.29, 0.717) is 52.3 Å². The number of nitrogens with one attached hydrogen (secondary N) is 1. The van der Waals surface area contributed by atoms with Crippen molar-refractivity contribution in [1.29, 1.82) is 5.26 Å². The Hall–Kier alpha value is -7.12. The number of aromatic nitrogens is 2. The van der Waals surface area contributed by atoms with Crippen molar-refractivity contribution in [3.05, 3.63) is 95.6 Å². The lowest BCUT2D eigenvalue weighted by Gasteiger charge is -2.38. The molecule has 0 radical (unpaired) electrons. The molecule has 336 valence electrons. The molecule has 0 unspecified atom stereocenters. The first-order chi connectivity index (χ1) is 31.6. The number of fused-ring (bicyclic) bond motifs is 2. The van der Waals surface area contributed by atoms with Crippen LogP contribution in [-0.2, 0) is 11.8 Å². The van der Waals surface area contributed by atoms with Gasteiger partial charge in [-0.15, -0.1) is 0 Å². The summed E-state index contributed by atoms with van der Waals surface area (Å²) in [5, 5.41) is 17.5.